The number of nitrogens with one attached hydrogen (secondary N) is 2. The van der Waals surface area contributed by atoms with Crippen molar-refractivity contribution in [2.75, 3.05) is 19.8 Å². The summed E-state index contributed by atoms with van der Waals surface area (Å²) in [4.78, 5) is 12.3. The van der Waals surface area contributed by atoms with Crippen molar-refractivity contribution in [3.05, 3.63) is 5.82 Å². The van der Waals surface area contributed by atoms with Gasteiger partial charge in [-0.15, -0.1) is 10.2 Å². The molecule has 0 bridgehead atoms. The number of carbonyl (C=O) groups excluding carboxylic acids is 1. The summed E-state index contributed by atoms with van der Waals surface area (Å²) in [5.41, 5.74) is 0.0966. The topological polar surface area (TPSA) is 92.8 Å². The fourth-order valence-electron chi connectivity index (χ4n) is 2.60. The fraction of sp³-hybridized carbons (Fsp3) is 0.846. The van der Waals surface area contributed by atoms with E-state index in [1.807, 2.05) is 6.92 Å². The van der Waals surface area contributed by atoms with Crippen molar-refractivity contribution >= 4 is 5.91 Å². The SMILES string of the molecule is CCC(C(=O)NCC1CCOCC1(C)C)c1nn[nH]n1. The van der Waals surface area contributed by atoms with Gasteiger partial charge in [0.1, 0.15) is 5.92 Å². The van der Waals surface area contributed by atoms with Gasteiger partial charge in [0.15, 0.2) is 5.82 Å². The number of nitrogens with zero attached hydrogens (tertiary/aromatic N) is 3. The Bertz CT molecular complexity index is 432. The molecule has 1 saturated heterocycles. The van der Waals surface area contributed by atoms with Crippen molar-refractivity contribution in [1.29, 1.82) is 0 Å². The quantitative estimate of drug-likeness (QED) is 0.835. The summed E-state index contributed by atoms with van der Waals surface area (Å²) in [6.07, 6.45) is 1.63. The molecule has 112 valence electrons. The number of amides is 1. The monoisotopic (exact) mass is 281 g/mol. The molecule has 0 radical (unpaired) electrons. The predicted molar refractivity (Wildman–Crippen MR) is 72.9 cm³/mol. The largest absolute Gasteiger partial charge is 0.381 e. The highest BCUT2D eigenvalue weighted by molar-refractivity contribution is 5.82. The Labute approximate surface area is 118 Å². The van der Waals surface area contributed by atoms with Crippen LogP contribution in [0.3, 0.4) is 0 Å². The number of rotatable bonds is 5. The first-order valence-corrected chi connectivity index (χ1v) is 7.13. The highest BCUT2D eigenvalue weighted by Gasteiger charge is 2.33. The van der Waals surface area contributed by atoms with Gasteiger partial charge in [-0.3, -0.25) is 4.79 Å². The summed E-state index contributed by atoms with van der Waals surface area (Å²) < 4.78 is 5.50. The van der Waals surface area contributed by atoms with Crippen molar-refractivity contribution in [3.8, 4) is 0 Å². The van der Waals surface area contributed by atoms with Crippen LogP contribution in [0.1, 0.15) is 45.4 Å². The van der Waals surface area contributed by atoms with Crippen molar-refractivity contribution in [2.24, 2.45) is 11.3 Å². The van der Waals surface area contributed by atoms with E-state index in [1.54, 1.807) is 0 Å². The van der Waals surface area contributed by atoms with Gasteiger partial charge in [0.05, 0.1) is 6.61 Å². The third kappa shape index (κ3) is 3.33. The van der Waals surface area contributed by atoms with Crippen LogP contribution >= 0.6 is 0 Å². The second kappa shape index (κ2) is 6.30. The van der Waals surface area contributed by atoms with Crippen LogP contribution in [0.15, 0.2) is 0 Å². The van der Waals surface area contributed by atoms with E-state index < -0.39 is 0 Å². The van der Waals surface area contributed by atoms with Gasteiger partial charge in [0.2, 0.25) is 5.91 Å². The lowest BCUT2D eigenvalue weighted by Crippen LogP contribution is -2.43. The highest BCUT2D eigenvalue weighted by atomic mass is 16.5. The molecule has 2 N–H and O–H groups in total. The van der Waals surface area contributed by atoms with Crippen LogP contribution in [-0.2, 0) is 9.53 Å². The number of hydrogen-bond acceptors (Lipinski definition) is 5. The Balaban J connectivity index is 1.91. The van der Waals surface area contributed by atoms with Crippen molar-refractivity contribution < 1.29 is 9.53 Å². The third-order valence-corrected chi connectivity index (χ3v) is 4.11. The van der Waals surface area contributed by atoms with Gasteiger partial charge < -0.3 is 10.1 Å². The lowest BCUT2D eigenvalue weighted by Gasteiger charge is -2.38. The second-order valence-corrected chi connectivity index (χ2v) is 6.00. The molecular formula is C13H23N5O2. The van der Waals surface area contributed by atoms with E-state index in [9.17, 15) is 4.79 Å². The highest BCUT2D eigenvalue weighted by Crippen LogP contribution is 2.33. The number of hydrogen-bond donors (Lipinski definition) is 2. The van der Waals surface area contributed by atoms with Crippen LogP contribution in [0, 0.1) is 11.3 Å². The minimum Gasteiger partial charge on any atom is -0.381 e. The molecule has 1 aliphatic heterocycles. The fourth-order valence-corrected chi connectivity index (χ4v) is 2.60. The molecule has 7 heteroatoms. The first-order valence-electron chi connectivity index (χ1n) is 7.13. The summed E-state index contributed by atoms with van der Waals surface area (Å²) in [7, 11) is 0. The van der Waals surface area contributed by atoms with Gasteiger partial charge in [-0.1, -0.05) is 26.0 Å². The van der Waals surface area contributed by atoms with Gasteiger partial charge in [0.25, 0.3) is 0 Å². The predicted octanol–water partition coefficient (Wildman–Crippen LogP) is 0.872. The van der Waals surface area contributed by atoms with Crippen LogP contribution < -0.4 is 5.32 Å². The maximum Gasteiger partial charge on any atom is 0.230 e. The number of aromatic amines is 1. The zero-order chi connectivity index (χ0) is 14.6. The summed E-state index contributed by atoms with van der Waals surface area (Å²) in [6.45, 7) is 8.49. The molecule has 2 unspecified atom stereocenters. The zero-order valence-corrected chi connectivity index (χ0v) is 12.3. The summed E-state index contributed by atoms with van der Waals surface area (Å²) in [5.74, 6) is 0.520. The van der Waals surface area contributed by atoms with Crippen LogP contribution in [0.5, 0.6) is 0 Å². The van der Waals surface area contributed by atoms with E-state index in [0.717, 1.165) is 19.6 Å². The Morgan fingerprint density at radius 3 is 3.00 bits per heavy atom. The molecule has 0 aromatic carbocycles. The molecule has 1 aliphatic rings. The normalized spacial score (nSPS) is 23.2. The molecule has 2 heterocycles. The van der Waals surface area contributed by atoms with Crippen LogP contribution in [0.4, 0.5) is 0 Å². The van der Waals surface area contributed by atoms with E-state index in [0.29, 0.717) is 24.7 Å². The standard InChI is InChI=1S/C13H23N5O2/c1-4-10(11-15-17-18-16-11)12(19)14-7-9-5-6-20-8-13(9,2)3/h9-10H,4-8H2,1-3H3,(H,14,19)(H,15,16,17,18). The average Bonchev–Trinajstić information content (AvgIpc) is 2.92. The molecular weight excluding hydrogens is 258 g/mol. The minimum absolute atomic E-state index is 0.0313. The van der Waals surface area contributed by atoms with E-state index in [2.05, 4.69) is 39.8 Å². The van der Waals surface area contributed by atoms with Crippen molar-refractivity contribution in [1.82, 2.24) is 25.9 Å². The van der Waals surface area contributed by atoms with E-state index >= 15 is 0 Å². The van der Waals surface area contributed by atoms with E-state index in [4.69, 9.17) is 4.74 Å². The van der Waals surface area contributed by atoms with Gasteiger partial charge >= 0.3 is 0 Å². The molecule has 0 saturated carbocycles. The summed E-state index contributed by atoms with van der Waals surface area (Å²) in [6, 6.07) is 0. The number of ether oxygens (including phenoxy) is 1. The van der Waals surface area contributed by atoms with E-state index in [-0.39, 0.29) is 17.2 Å². The Morgan fingerprint density at radius 1 is 1.60 bits per heavy atom. The van der Waals surface area contributed by atoms with E-state index in [1.165, 1.54) is 0 Å². The second-order valence-electron chi connectivity index (χ2n) is 6.00. The Morgan fingerprint density at radius 2 is 2.40 bits per heavy atom. The molecule has 7 nitrogen and oxygen atoms in total. The molecule has 1 aromatic rings. The molecule has 0 spiro atoms. The molecule has 0 aliphatic carbocycles. The van der Waals surface area contributed by atoms with Crippen molar-refractivity contribution in [3.63, 3.8) is 0 Å². The minimum atomic E-state index is -0.336. The Hall–Kier alpha value is -1.50. The molecule has 2 atom stereocenters. The lowest BCUT2D eigenvalue weighted by atomic mass is 9.76. The maximum absolute atomic E-state index is 12.3. The maximum atomic E-state index is 12.3. The average molecular weight is 281 g/mol. The molecule has 20 heavy (non-hydrogen) atoms. The molecule has 1 fully saturated rings. The van der Waals surface area contributed by atoms with Crippen LogP contribution in [0.25, 0.3) is 0 Å². The lowest BCUT2D eigenvalue weighted by molar-refractivity contribution is -0.123. The number of carbonyl (C=O) groups is 1. The number of aromatic nitrogens is 4. The summed E-state index contributed by atoms with van der Waals surface area (Å²) in [5, 5.41) is 16.7. The van der Waals surface area contributed by atoms with Crippen LogP contribution in [-0.4, -0.2) is 46.3 Å². The van der Waals surface area contributed by atoms with Crippen molar-refractivity contribution in [2.45, 2.75) is 39.5 Å². The molecule has 1 amide bonds. The Kier molecular flexibility index (Phi) is 4.69. The van der Waals surface area contributed by atoms with Gasteiger partial charge in [-0.05, 0) is 24.2 Å². The van der Waals surface area contributed by atoms with Gasteiger partial charge in [-0.2, -0.15) is 5.21 Å². The zero-order valence-electron chi connectivity index (χ0n) is 12.3. The van der Waals surface area contributed by atoms with Gasteiger partial charge in [-0.25, -0.2) is 0 Å². The molecule has 1 aromatic heterocycles. The smallest absolute Gasteiger partial charge is 0.230 e. The first-order chi connectivity index (χ1) is 9.54. The first kappa shape index (κ1) is 14.9. The number of H-pyrrole nitrogens is 1. The van der Waals surface area contributed by atoms with Crippen LogP contribution in [0.2, 0.25) is 0 Å². The van der Waals surface area contributed by atoms with Gasteiger partial charge in [0, 0.05) is 13.2 Å². The third-order valence-electron chi connectivity index (χ3n) is 4.11. The number of tetrazole rings is 1. The molecule has 2 rings (SSSR count). The summed E-state index contributed by atoms with van der Waals surface area (Å²) >= 11 is 0.